The van der Waals surface area contributed by atoms with Crippen LogP contribution in [0.1, 0.15) is 22.3 Å². The summed E-state index contributed by atoms with van der Waals surface area (Å²) in [5, 5.41) is 24.3. The number of nitriles is 2. The lowest BCUT2D eigenvalue weighted by atomic mass is 10.0. The number of hydrogen-bond donors (Lipinski definition) is 3. The van der Waals surface area contributed by atoms with Crippen LogP contribution in [0.5, 0.6) is 0 Å². The van der Waals surface area contributed by atoms with E-state index < -0.39 is 0 Å². The third-order valence-electron chi connectivity index (χ3n) is 4.75. The number of fused-ring (bicyclic) bond motifs is 1. The Morgan fingerprint density at radius 3 is 2.45 bits per heavy atom. The highest BCUT2D eigenvalue weighted by Gasteiger charge is 2.17. The average molecular weight is 407 g/mol. The average Bonchev–Trinajstić information content (AvgIpc) is 3.24. The number of aromatic amines is 2. The summed E-state index contributed by atoms with van der Waals surface area (Å²) in [5.74, 6) is 1.04. The lowest BCUT2D eigenvalue weighted by Gasteiger charge is -2.12. The summed E-state index contributed by atoms with van der Waals surface area (Å²) >= 11 is 0. The molecule has 0 saturated carbocycles. The van der Waals surface area contributed by atoms with Gasteiger partial charge in [-0.3, -0.25) is 4.98 Å². The van der Waals surface area contributed by atoms with Crippen molar-refractivity contribution in [3.8, 4) is 12.1 Å². The molecule has 31 heavy (non-hydrogen) atoms. The molecule has 4 rings (SSSR count). The number of allylic oxidation sites excluding steroid dienone is 1. The summed E-state index contributed by atoms with van der Waals surface area (Å²) in [5.41, 5.74) is 6.68. The minimum absolute atomic E-state index is 0.436. The zero-order chi connectivity index (χ0) is 21.8. The second kappa shape index (κ2) is 8.36. The fourth-order valence-corrected chi connectivity index (χ4v) is 3.33. The Labute approximate surface area is 178 Å². The zero-order valence-corrected chi connectivity index (χ0v) is 17.0. The predicted molar refractivity (Wildman–Crippen MR) is 119 cm³/mol. The fourth-order valence-electron chi connectivity index (χ4n) is 3.33. The number of aryl methyl sites for hydroxylation is 2. The van der Waals surface area contributed by atoms with Crippen LogP contribution in [-0.4, -0.2) is 15.0 Å². The lowest BCUT2D eigenvalue weighted by Crippen LogP contribution is -2.07. The molecule has 2 heterocycles. The second-order valence-electron chi connectivity index (χ2n) is 6.98. The highest BCUT2D eigenvalue weighted by atomic mass is 15.2. The van der Waals surface area contributed by atoms with Crippen molar-refractivity contribution in [2.75, 3.05) is 10.6 Å². The molecule has 0 fully saturated rings. The van der Waals surface area contributed by atoms with Gasteiger partial charge in [-0.2, -0.15) is 15.5 Å². The molecule has 0 amide bonds. The molecular weight excluding hydrogens is 388 g/mol. The molecule has 150 valence electrons. The van der Waals surface area contributed by atoms with Crippen LogP contribution in [0, 0.1) is 36.5 Å². The Morgan fingerprint density at radius 1 is 1.03 bits per heavy atom. The molecule has 0 aliphatic carbocycles. The van der Waals surface area contributed by atoms with Crippen molar-refractivity contribution < 1.29 is 4.98 Å². The zero-order valence-electron chi connectivity index (χ0n) is 17.0. The Kier molecular flexibility index (Phi) is 5.29. The van der Waals surface area contributed by atoms with Crippen molar-refractivity contribution in [2.45, 2.75) is 13.8 Å². The van der Waals surface area contributed by atoms with Gasteiger partial charge in [0.15, 0.2) is 12.1 Å². The van der Waals surface area contributed by atoms with Crippen molar-refractivity contribution in [1.29, 1.82) is 10.5 Å². The first-order valence-corrected chi connectivity index (χ1v) is 9.56. The number of H-pyrrole nitrogens is 2. The first-order valence-electron chi connectivity index (χ1n) is 9.56. The van der Waals surface area contributed by atoms with Crippen LogP contribution < -0.4 is 15.6 Å². The van der Waals surface area contributed by atoms with Gasteiger partial charge in [0.1, 0.15) is 0 Å². The maximum Gasteiger partial charge on any atom is 0.307 e. The van der Waals surface area contributed by atoms with E-state index in [-0.39, 0.29) is 0 Å². The number of benzene rings is 2. The minimum atomic E-state index is 0.436. The third kappa shape index (κ3) is 4.19. The number of rotatable bonds is 5. The number of imidazole rings is 1. The van der Waals surface area contributed by atoms with Crippen molar-refractivity contribution in [2.24, 2.45) is 0 Å². The molecule has 2 aromatic carbocycles. The van der Waals surface area contributed by atoms with Crippen LogP contribution >= 0.6 is 0 Å². The number of hydrogen-bond acceptors (Lipinski definition) is 6. The van der Waals surface area contributed by atoms with Gasteiger partial charge in [0.25, 0.3) is 0 Å². The van der Waals surface area contributed by atoms with Gasteiger partial charge in [0, 0.05) is 17.5 Å². The van der Waals surface area contributed by atoms with Crippen LogP contribution in [0.4, 0.5) is 23.1 Å². The van der Waals surface area contributed by atoms with E-state index in [2.05, 4.69) is 36.6 Å². The van der Waals surface area contributed by atoms with Crippen LogP contribution in [0.2, 0.25) is 0 Å². The van der Waals surface area contributed by atoms with E-state index in [9.17, 15) is 0 Å². The van der Waals surface area contributed by atoms with Gasteiger partial charge >= 0.3 is 11.6 Å². The van der Waals surface area contributed by atoms with E-state index in [0.717, 1.165) is 33.6 Å². The molecule has 0 bridgehead atoms. The highest BCUT2D eigenvalue weighted by molar-refractivity contribution is 5.84. The highest BCUT2D eigenvalue weighted by Crippen LogP contribution is 2.28. The molecule has 4 N–H and O–H groups in total. The molecule has 0 aliphatic heterocycles. The molecule has 8 nitrogen and oxygen atoms in total. The Hall–Kier alpha value is -4.69. The molecule has 4 aromatic rings. The van der Waals surface area contributed by atoms with Gasteiger partial charge < -0.3 is 10.6 Å². The molecule has 2 aromatic heterocycles. The van der Waals surface area contributed by atoms with Crippen LogP contribution in [0.25, 0.3) is 17.2 Å². The molecule has 0 unspecified atom stereocenters. The second-order valence-corrected chi connectivity index (χ2v) is 6.98. The quantitative estimate of drug-likeness (QED) is 0.424. The smallest absolute Gasteiger partial charge is 0.307 e. The molecule has 0 atom stereocenters. The maximum atomic E-state index is 8.99. The van der Waals surface area contributed by atoms with E-state index in [4.69, 9.17) is 10.5 Å². The Bertz CT molecular complexity index is 1340. The topological polar surface area (TPSA) is 127 Å². The van der Waals surface area contributed by atoms with Crippen molar-refractivity contribution in [3.05, 3.63) is 71.1 Å². The molecule has 0 aliphatic rings. The van der Waals surface area contributed by atoms with E-state index >= 15 is 0 Å². The van der Waals surface area contributed by atoms with E-state index in [1.165, 1.54) is 6.08 Å². The Morgan fingerprint density at radius 2 is 1.77 bits per heavy atom. The summed E-state index contributed by atoms with van der Waals surface area (Å²) in [4.78, 5) is 15.4. The van der Waals surface area contributed by atoms with E-state index in [1.54, 1.807) is 24.5 Å². The first-order chi connectivity index (χ1) is 15.1. The number of nitrogens with one attached hydrogen (secondary N) is 4. The number of nitrogens with zero attached hydrogens (tertiary/aromatic N) is 4. The SMILES string of the molecule is Cc1cc(C=CC#N)cc(C)c1Nc1nc(Nc2ccc(C#N)cc2)c2[nH]c[nH+]c2n1. The minimum Gasteiger partial charge on any atom is -0.337 e. The summed E-state index contributed by atoms with van der Waals surface area (Å²) in [7, 11) is 0. The summed E-state index contributed by atoms with van der Waals surface area (Å²) in [6.45, 7) is 3.99. The molecular formula is C23H19N8+. The maximum absolute atomic E-state index is 8.99. The van der Waals surface area contributed by atoms with E-state index in [0.29, 0.717) is 23.0 Å². The van der Waals surface area contributed by atoms with Crippen molar-refractivity contribution >= 4 is 40.4 Å². The normalized spacial score (nSPS) is 10.7. The molecule has 0 radical (unpaired) electrons. The van der Waals surface area contributed by atoms with Crippen molar-refractivity contribution in [1.82, 2.24) is 15.0 Å². The van der Waals surface area contributed by atoms with Crippen molar-refractivity contribution in [3.63, 3.8) is 0 Å². The third-order valence-corrected chi connectivity index (χ3v) is 4.75. The van der Waals surface area contributed by atoms with Gasteiger partial charge in [-0.15, -0.1) is 0 Å². The van der Waals surface area contributed by atoms with Crippen LogP contribution in [0.3, 0.4) is 0 Å². The van der Waals surface area contributed by atoms with Gasteiger partial charge in [0.2, 0.25) is 5.52 Å². The van der Waals surface area contributed by atoms with Gasteiger partial charge in [-0.05, 0) is 73.0 Å². The van der Waals surface area contributed by atoms with Crippen LogP contribution in [-0.2, 0) is 0 Å². The number of aromatic nitrogens is 4. The predicted octanol–water partition coefficient (Wildman–Crippen LogP) is 4.28. The van der Waals surface area contributed by atoms with Crippen LogP contribution in [0.15, 0.2) is 48.8 Å². The van der Waals surface area contributed by atoms with Gasteiger partial charge in [0.05, 0.1) is 17.7 Å². The summed E-state index contributed by atoms with van der Waals surface area (Å²) in [6, 6.07) is 15.3. The fraction of sp³-hybridized carbons (Fsp3) is 0.0870. The first kappa shape index (κ1) is 19.6. The lowest BCUT2D eigenvalue weighted by molar-refractivity contribution is -0.347. The van der Waals surface area contributed by atoms with E-state index in [1.807, 2.05) is 44.2 Å². The summed E-state index contributed by atoms with van der Waals surface area (Å²) in [6.07, 6.45) is 4.93. The van der Waals surface area contributed by atoms with Gasteiger partial charge in [-0.1, -0.05) is 4.98 Å². The number of anilines is 4. The monoisotopic (exact) mass is 407 g/mol. The molecule has 0 spiro atoms. The Balaban J connectivity index is 1.68. The standard InChI is InChI=1S/C23H18N8/c1-14-10-17(4-3-9-24)11-15(2)19(14)29-23-30-21-20(26-13-27-21)22(31-23)28-18-7-5-16(12-25)6-8-18/h3-8,10-11,13H,1-2H3,(H3,26,27,28,29,30,31)/p+1. The van der Waals surface area contributed by atoms with Gasteiger partial charge in [-0.25, -0.2) is 4.98 Å². The molecule has 8 heteroatoms. The molecule has 0 saturated heterocycles. The summed E-state index contributed by atoms with van der Waals surface area (Å²) < 4.78 is 0. The largest absolute Gasteiger partial charge is 0.337 e.